The van der Waals surface area contributed by atoms with Crippen LogP contribution in [0, 0.1) is 0 Å². The van der Waals surface area contributed by atoms with Gasteiger partial charge in [0, 0.05) is 30.4 Å². The van der Waals surface area contributed by atoms with Gasteiger partial charge in [-0.05, 0) is 25.5 Å². The summed E-state index contributed by atoms with van der Waals surface area (Å²) < 4.78 is 1.82. The van der Waals surface area contributed by atoms with E-state index in [-0.39, 0.29) is 6.04 Å². The number of rotatable bonds is 4. The van der Waals surface area contributed by atoms with E-state index in [2.05, 4.69) is 10.1 Å². The SMILES string of the molecule is CC(C)n1cc(C(O)Cc2cccnc2N)cn1. The second-order valence-corrected chi connectivity index (χ2v) is 4.62. The molecule has 18 heavy (non-hydrogen) atoms. The molecule has 5 nitrogen and oxygen atoms in total. The lowest BCUT2D eigenvalue weighted by atomic mass is 10.1. The van der Waals surface area contributed by atoms with E-state index in [1.165, 1.54) is 0 Å². The Labute approximate surface area is 106 Å². The van der Waals surface area contributed by atoms with Crippen LogP contribution in [0.5, 0.6) is 0 Å². The number of pyridine rings is 1. The highest BCUT2D eigenvalue weighted by atomic mass is 16.3. The highest BCUT2D eigenvalue weighted by molar-refractivity contribution is 5.39. The fourth-order valence-electron chi connectivity index (χ4n) is 1.76. The fraction of sp³-hybridized carbons (Fsp3) is 0.385. The summed E-state index contributed by atoms with van der Waals surface area (Å²) in [5, 5.41) is 14.4. The number of hydrogen-bond acceptors (Lipinski definition) is 4. The first-order valence-corrected chi connectivity index (χ1v) is 5.99. The molecule has 96 valence electrons. The van der Waals surface area contributed by atoms with Crippen molar-refractivity contribution in [3.63, 3.8) is 0 Å². The lowest BCUT2D eigenvalue weighted by Crippen LogP contribution is -2.05. The van der Waals surface area contributed by atoms with Crippen LogP contribution in [0.2, 0.25) is 0 Å². The van der Waals surface area contributed by atoms with Crippen LogP contribution in [0.25, 0.3) is 0 Å². The van der Waals surface area contributed by atoms with Crippen LogP contribution in [-0.4, -0.2) is 19.9 Å². The summed E-state index contributed by atoms with van der Waals surface area (Å²) >= 11 is 0. The van der Waals surface area contributed by atoms with Crippen molar-refractivity contribution in [2.24, 2.45) is 0 Å². The minimum atomic E-state index is -0.607. The van der Waals surface area contributed by atoms with E-state index in [4.69, 9.17) is 5.73 Å². The second kappa shape index (κ2) is 5.18. The van der Waals surface area contributed by atoms with Gasteiger partial charge in [0.05, 0.1) is 12.3 Å². The average Bonchev–Trinajstić information content (AvgIpc) is 2.81. The first kappa shape index (κ1) is 12.6. The molecule has 0 fully saturated rings. The van der Waals surface area contributed by atoms with E-state index in [0.29, 0.717) is 12.2 Å². The second-order valence-electron chi connectivity index (χ2n) is 4.62. The van der Waals surface area contributed by atoms with Gasteiger partial charge in [0.1, 0.15) is 5.82 Å². The molecule has 2 heterocycles. The third-order valence-corrected chi connectivity index (χ3v) is 2.87. The van der Waals surface area contributed by atoms with E-state index in [1.807, 2.05) is 36.9 Å². The minimum absolute atomic E-state index is 0.286. The summed E-state index contributed by atoms with van der Waals surface area (Å²) in [6.45, 7) is 4.09. The maximum absolute atomic E-state index is 10.2. The van der Waals surface area contributed by atoms with E-state index in [9.17, 15) is 5.11 Å². The van der Waals surface area contributed by atoms with Crippen LogP contribution < -0.4 is 5.73 Å². The maximum atomic E-state index is 10.2. The van der Waals surface area contributed by atoms with Crippen molar-refractivity contribution in [1.82, 2.24) is 14.8 Å². The van der Waals surface area contributed by atoms with Crippen LogP contribution in [0.15, 0.2) is 30.7 Å². The summed E-state index contributed by atoms with van der Waals surface area (Å²) in [5.74, 6) is 0.466. The molecule has 0 radical (unpaired) electrons. The zero-order valence-electron chi connectivity index (χ0n) is 10.6. The van der Waals surface area contributed by atoms with Gasteiger partial charge in [-0.2, -0.15) is 5.10 Å². The van der Waals surface area contributed by atoms with Crippen LogP contribution in [0.4, 0.5) is 5.82 Å². The highest BCUT2D eigenvalue weighted by Crippen LogP contribution is 2.20. The molecule has 3 N–H and O–H groups in total. The van der Waals surface area contributed by atoms with Crippen molar-refractivity contribution >= 4 is 5.82 Å². The Balaban J connectivity index is 2.12. The molecule has 0 bridgehead atoms. The molecule has 0 amide bonds. The molecule has 2 rings (SSSR count). The largest absolute Gasteiger partial charge is 0.388 e. The molecular weight excluding hydrogens is 228 g/mol. The third-order valence-electron chi connectivity index (χ3n) is 2.87. The summed E-state index contributed by atoms with van der Waals surface area (Å²) in [5.41, 5.74) is 7.40. The Morgan fingerprint density at radius 3 is 2.83 bits per heavy atom. The van der Waals surface area contributed by atoms with Crippen molar-refractivity contribution in [2.45, 2.75) is 32.4 Å². The Morgan fingerprint density at radius 1 is 1.44 bits per heavy atom. The maximum Gasteiger partial charge on any atom is 0.126 e. The van der Waals surface area contributed by atoms with Crippen molar-refractivity contribution in [1.29, 1.82) is 0 Å². The molecule has 2 aromatic rings. The van der Waals surface area contributed by atoms with Crippen molar-refractivity contribution in [3.05, 3.63) is 41.9 Å². The molecule has 0 saturated heterocycles. The van der Waals surface area contributed by atoms with Crippen LogP contribution in [-0.2, 0) is 6.42 Å². The molecule has 0 spiro atoms. The smallest absolute Gasteiger partial charge is 0.126 e. The number of aromatic nitrogens is 3. The molecule has 5 heteroatoms. The number of aliphatic hydroxyl groups excluding tert-OH is 1. The zero-order chi connectivity index (χ0) is 13.1. The highest BCUT2D eigenvalue weighted by Gasteiger charge is 2.13. The van der Waals surface area contributed by atoms with E-state index < -0.39 is 6.10 Å². The molecule has 0 aromatic carbocycles. The zero-order valence-corrected chi connectivity index (χ0v) is 10.6. The fourth-order valence-corrected chi connectivity index (χ4v) is 1.76. The van der Waals surface area contributed by atoms with Gasteiger partial charge in [-0.3, -0.25) is 4.68 Å². The van der Waals surface area contributed by atoms with Crippen molar-refractivity contribution in [2.75, 3.05) is 5.73 Å². The Bertz CT molecular complexity index is 521. The van der Waals surface area contributed by atoms with Gasteiger partial charge in [-0.1, -0.05) is 6.07 Å². The van der Waals surface area contributed by atoms with E-state index in [0.717, 1.165) is 11.1 Å². The van der Waals surface area contributed by atoms with Crippen LogP contribution in [0.3, 0.4) is 0 Å². The van der Waals surface area contributed by atoms with Gasteiger partial charge >= 0.3 is 0 Å². The Morgan fingerprint density at radius 2 is 2.22 bits per heavy atom. The summed E-state index contributed by atoms with van der Waals surface area (Å²) in [4.78, 5) is 4.01. The van der Waals surface area contributed by atoms with Crippen LogP contribution >= 0.6 is 0 Å². The quantitative estimate of drug-likeness (QED) is 0.861. The number of anilines is 1. The predicted molar refractivity (Wildman–Crippen MR) is 69.9 cm³/mol. The lowest BCUT2D eigenvalue weighted by Gasteiger charge is -2.10. The van der Waals surface area contributed by atoms with Gasteiger partial charge < -0.3 is 10.8 Å². The number of nitrogens with two attached hydrogens (primary N) is 1. The van der Waals surface area contributed by atoms with Gasteiger partial charge in [0.15, 0.2) is 0 Å². The summed E-state index contributed by atoms with van der Waals surface area (Å²) in [6, 6.07) is 3.98. The van der Waals surface area contributed by atoms with Gasteiger partial charge in [-0.25, -0.2) is 4.98 Å². The van der Waals surface area contributed by atoms with Crippen LogP contribution in [0.1, 0.15) is 37.1 Å². The monoisotopic (exact) mass is 246 g/mol. The minimum Gasteiger partial charge on any atom is -0.388 e. The summed E-state index contributed by atoms with van der Waals surface area (Å²) in [7, 11) is 0. The van der Waals surface area contributed by atoms with E-state index >= 15 is 0 Å². The standard InChI is InChI=1S/C13H18N4O/c1-9(2)17-8-11(7-16-17)12(18)6-10-4-3-5-15-13(10)14/h3-5,7-9,12,18H,6H2,1-2H3,(H2,14,15). The molecule has 2 aromatic heterocycles. The normalized spacial score (nSPS) is 12.9. The molecule has 1 unspecified atom stereocenters. The molecule has 0 saturated carbocycles. The Kier molecular flexibility index (Phi) is 3.62. The Hall–Kier alpha value is -1.88. The van der Waals surface area contributed by atoms with Gasteiger partial charge in [0.25, 0.3) is 0 Å². The van der Waals surface area contributed by atoms with Crippen molar-refractivity contribution < 1.29 is 5.11 Å². The number of hydrogen-bond donors (Lipinski definition) is 2. The number of nitrogens with zero attached hydrogens (tertiary/aromatic N) is 3. The molecule has 0 aliphatic carbocycles. The van der Waals surface area contributed by atoms with Crippen molar-refractivity contribution in [3.8, 4) is 0 Å². The third kappa shape index (κ3) is 2.68. The summed E-state index contributed by atoms with van der Waals surface area (Å²) in [6.07, 6.45) is 5.04. The first-order valence-electron chi connectivity index (χ1n) is 5.99. The van der Waals surface area contributed by atoms with E-state index in [1.54, 1.807) is 12.4 Å². The molecule has 0 aliphatic rings. The average molecular weight is 246 g/mol. The lowest BCUT2D eigenvalue weighted by molar-refractivity contribution is 0.178. The van der Waals surface area contributed by atoms with Gasteiger partial charge in [-0.15, -0.1) is 0 Å². The molecular formula is C13H18N4O. The molecule has 1 atom stereocenters. The topological polar surface area (TPSA) is 77.0 Å². The first-order chi connectivity index (χ1) is 8.58. The number of aliphatic hydroxyl groups is 1. The number of nitrogen functional groups attached to an aromatic ring is 1. The predicted octanol–water partition coefficient (Wildman–Crippen LogP) is 1.72. The molecule has 0 aliphatic heterocycles. The van der Waals surface area contributed by atoms with Gasteiger partial charge in [0.2, 0.25) is 0 Å².